The monoisotopic (exact) mass is 343 g/mol. The van der Waals surface area contributed by atoms with E-state index in [0.29, 0.717) is 6.54 Å². The van der Waals surface area contributed by atoms with Crippen molar-refractivity contribution in [3.05, 3.63) is 24.3 Å². The molecule has 0 bridgehead atoms. The largest absolute Gasteiger partial charge is 0.501 e. The number of hydrogen-bond donors (Lipinski definition) is 0. The van der Waals surface area contributed by atoms with Crippen LogP contribution in [0.2, 0.25) is 0 Å². The Bertz CT molecular complexity index is 606. The van der Waals surface area contributed by atoms with Crippen molar-refractivity contribution < 1.29 is 26.3 Å². The van der Waals surface area contributed by atoms with Crippen molar-refractivity contribution in [1.29, 1.82) is 0 Å². The molecule has 0 radical (unpaired) electrons. The lowest BCUT2D eigenvalue weighted by Gasteiger charge is -2.34. The Morgan fingerprint density at radius 3 is 2.62 bits per heavy atom. The van der Waals surface area contributed by atoms with Gasteiger partial charge in [-0.25, -0.2) is 8.42 Å². The third-order valence-corrected chi connectivity index (χ3v) is 4.99. The molecular formula is C12H13ClF3NO3S. The first-order valence-electron chi connectivity index (χ1n) is 6.10. The fourth-order valence-electron chi connectivity index (χ4n) is 2.10. The highest BCUT2D eigenvalue weighted by Crippen LogP contribution is 2.36. The van der Waals surface area contributed by atoms with Gasteiger partial charge in [0.05, 0.1) is 29.2 Å². The van der Waals surface area contributed by atoms with Gasteiger partial charge >= 0.3 is 5.51 Å². The van der Waals surface area contributed by atoms with Gasteiger partial charge in [0.2, 0.25) is 0 Å². The predicted octanol–water partition coefficient (Wildman–Crippen LogP) is 2.42. The third-order valence-electron chi connectivity index (χ3n) is 3.11. The molecule has 1 saturated heterocycles. The van der Waals surface area contributed by atoms with Gasteiger partial charge in [-0.3, -0.25) is 0 Å². The maximum Gasteiger partial charge on any atom is 0.501 e. The van der Waals surface area contributed by atoms with Crippen LogP contribution in [0.15, 0.2) is 29.2 Å². The van der Waals surface area contributed by atoms with Crippen LogP contribution < -0.4 is 4.90 Å². The molecule has 0 aliphatic carbocycles. The van der Waals surface area contributed by atoms with Crippen LogP contribution in [-0.4, -0.2) is 45.6 Å². The Morgan fingerprint density at radius 1 is 1.33 bits per heavy atom. The minimum atomic E-state index is -5.40. The van der Waals surface area contributed by atoms with Crippen LogP contribution in [-0.2, 0) is 14.6 Å². The van der Waals surface area contributed by atoms with Crippen molar-refractivity contribution in [2.24, 2.45) is 0 Å². The van der Waals surface area contributed by atoms with Crippen molar-refractivity contribution in [3.8, 4) is 0 Å². The van der Waals surface area contributed by atoms with E-state index in [1.807, 2.05) is 0 Å². The first-order chi connectivity index (χ1) is 9.77. The number of anilines is 1. The predicted molar refractivity (Wildman–Crippen MR) is 72.4 cm³/mol. The van der Waals surface area contributed by atoms with E-state index < -0.39 is 20.2 Å². The summed E-state index contributed by atoms with van der Waals surface area (Å²) in [6.45, 7) is 0.823. The van der Waals surface area contributed by atoms with Gasteiger partial charge in [-0.2, -0.15) is 13.2 Å². The number of alkyl halides is 4. The molecule has 0 amide bonds. The molecule has 1 fully saturated rings. The Hall–Kier alpha value is -0.990. The Balaban J connectivity index is 2.43. The second-order valence-corrected chi connectivity index (χ2v) is 6.73. The smallest absolute Gasteiger partial charge is 0.373 e. The van der Waals surface area contributed by atoms with Gasteiger partial charge in [0, 0.05) is 13.1 Å². The van der Waals surface area contributed by atoms with Crippen LogP contribution in [0.25, 0.3) is 0 Å². The standard InChI is InChI=1S/C12H13ClF3NO3S/c13-7-9-8-17(5-6-20-9)10-3-1-2-4-11(10)21(18,19)12(14,15)16/h1-4,9H,5-8H2. The number of morpholine rings is 1. The van der Waals surface area contributed by atoms with Gasteiger partial charge < -0.3 is 9.64 Å². The van der Waals surface area contributed by atoms with Crippen LogP contribution in [0.3, 0.4) is 0 Å². The molecule has 1 atom stereocenters. The SMILES string of the molecule is O=S(=O)(c1ccccc1N1CCOC(CCl)C1)C(F)(F)F. The van der Waals surface area contributed by atoms with E-state index in [0.717, 1.165) is 6.07 Å². The zero-order valence-electron chi connectivity index (χ0n) is 10.8. The normalized spacial score (nSPS) is 20.6. The summed E-state index contributed by atoms with van der Waals surface area (Å²) >= 11 is 5.69. The molecule has 4 nitrogen and oxygen atoms in total. The van der Waals surface area contributed by atoms with Crippen LogP contribution >= 0.6 is 11.6 Å². The molecule has 0 aromatic heterocycles. The minimum absolute atomic E-state index is 0.0215. The summed E-state index contributed by atoms with van der Waals surface area (Å²) in [5.74, 6) is 0.185. The number of sulfone groups is 1. The molecule has 1 aliphatic rings. The van der Waals surface area contributed by atoms with Crippen LogP contribution in [0.1, 0.15) is 0 Å². The lowest BCUT2D eigenvalue weighted by Crippen LogP contribution is -2.44. The quantitative estimate of drug-likeness (QED) is 0.791. The summed E-state index contributed by atoms with van der Waals surface area (Å²) in [6.07, 6.45) is -0.345. The van der Waals surface area contributed by atoms with E-state index >= 15 is 0 Å². The number of nitrogens with zero attached hydrogens (tertiary/aromatic N) is 1. The summed E-state index contributed by atoms with van der Waals surface area (Å²) in [4.78, 5) is 0.808. The van der Waals surface area contributed by atoms with E-state index in [9.17, 15) is 21.6 Å². The molecule has 0 saturated carbocycles. The Kier molecular flexibility index (Phi) is 4.69. The fraction of sp³-hybridized carbons (Fsp3) is 0.500. The van der Waals surface area contributed by atoms with Crippen molar-refractivity contribution in [2.45, 2.75) is 16.5 Å². The molecule has 0 N–H and O–H groups in total. The number of para-hydroxylation sites is 1. The maximum atomic E-state index is 12.8. The summed E-state index contributed by atoms with van der Waals surface area (Å²) in [6, 6.07) is 5.08. The van der Waals surface area contributed by atoms with Gasteiger partial charge in [-0.15, -0.1) is 11.6 Å². The van der Waals surface area contributed by atoms with Crippen LogP contribution in [0.5, 0.6) is 0 Å². The second-order valence-electron chi connectivity index (χ2n) is 4.51. The Morgan fingerprint density at radius 2 is 2.00 bits per heavy atom. The molecule has 1 aromatic carbocycles. The Labute approximate surface area is 125 Å². The fourth-order valence-corrected chi connectivity index (χ4v) is 3.27. The molecule has 1 aliphatic heterocycles. The van der Waals surface area contributed by atoms with Crippen molar-refractivity contribution in [3.63, 3.8) is 0 Å². The van der Waals surface area contributed by atoms with E-state index in [1.54, 1.807) is 4.90 Å². The lowest BCUT2D eigenvalue weighted by molar-refractivity contribution is -0.0435. The molecule has 1 heterocycles. The maximum absolute atomic E-state index is 12.8. The summed E-state index contributed by atoms with van der Waals surface area (Å²) in [5, 5.41) is 0. The van der Waals surface area contributed by atoms with E-state index in [-0.39, 0.29) is 30.8 Å². The number of halogens is 4. The number of hydrogen-bond acceptors (Lipinski definition) is 4. The molecule has 21 heavy (non-hydrogen) atoms. The lowest BCUT2D eigenvalue weighted by atomic mass is 10.2. The second kappa shape index (κ2) is 6.02. The molecule has 1 aromatic rings. The van der Waals surface area contributed by atoms with Gasteiger partial charge in [-0.05, 0) is 12.1 Å². The van der Waals surface area contributed by atoms with Gasteiger partial charge in [0.1, 0.15) is 0 Å². The van der Waals surface area contributed by atoms with E-state index in [1.165, 1.54) is 18.2 Å². The number of rotatable bonds is 3. The first-order valence-corrected chi connectivity index (χ1v) is 8.12. The average Bonchev–Trinajstić information content (AvgIpc) is 2.46. The highest BCUT2D eigenvalue weighted by atomic mass is 35.5. The number of ether oxygens (including phenoxy) is 1. The molecule has 9 heteroatoms. The zero-order valence-corrected chi connectivity index (χ0v) is 12.4. The minimum Gasteiger partial charge on any atom is -0.373 e. The highest BCUT2D eigenvalue weighted by Gasteiger charge is 2.48. The summed E-state index contributed by atoms with van der Waals surface area (Å²) in [5.41, 5.74) is -5.31. The van der Waals surface area contributed by atoms with Crippen LogP contribution in [0, 0.1) is 0 Å². The van der Waals surface area contributed by atoms with E-state index in [4.69, 9.17) is 16.3 Å². The number of benzene rings is 1. The van der Waals surface area contributed by atoms with Crippen molar-refractivity contribution >= 4 is 27.1 Å². The first kappa shape index (κ1) is 16.4. The van der Waals surface area contributed by atoms with Crippen LogP contribution in [0.4, 0.5) is 18.9 Å². The van der Waals surface area contributed by atoms with Gasteiger partial charge in [-0.1, -0.05) is 12.1 Å². The topological polar surface area (TPSA) is 46.6 Å². The summed E-state index contributed by atoms with van der Waals surface area (Å²) < 4.78 is 66.9. The highest BCUT2D eigenvalue weighted by molar-refractivity contribution is 7.92. The molecule has 2 rings (SSSR count). The third kappa shape index (κ3) is 3.27. The molecular weight excluding hydrogens is 331 g/mol. The molecule has 1 unspecified atom stereocenters. The average molecular weight is 344 g/mol. The zero-order chi connectivity index (χ0) is 15.7. The van der Waals surface area contributed by atoms with Crippen molar-refractivity contribution in [2.75, 3.05) is 30.5 Å². The van der Waals surface area contributed by atoms with Crippen molar-refractivity contribution in [1.82, 2.24) is 0 Å². The molecule has 118 valence electrons. The van der Waals surface area contributed by atoms with Gasteiger partial charge in [0.25, 0.3) is 9.84 Å². The van der Waals surface area contributed by atoms with E-state index in [2.05, 4.69) is 0 Å². The van der Waals surface area contributed by atoms with Gasteiger partial charge in [0.15, 0.2) is 0 Å². The molecule has 0 spiro atoms. The summed E-state index contributed by atoms with van der Waals surface area (Å²) in [7, 11) is -5.40.